The lowest BCUT2D eigenvalue weighted by Crippen LogP contribution is -2.54. The summed E-state index contributed by atoms with van der Waals surface area (Å²) in [6, 6.07) is 0. The lowest BCUT2D eigenvalue weighted by Gasteiger charge is -2.23. The van der Waals surface area contributed by atoms with Gasteiger partial charge in [-0.2, -0.15) is 13.2 Å². The molecule has 1 aromatic heterocycles. The quantitative estimate of drug-likeness (QED) is 0.412. The van der Waals surface area contributed by atoms with Gasteiger partial charge >= 0.3 is 5.51 Å². The third-order valence-corrected chi connectivity index (χ3v) is 3.25. The standard InChI is InChI=1S/C12H23N2.CHF3O3S/c1-11(2,3)10-13(7)8-9-14(10)12(4,5)6;2-1(3,4)8(5,6)7/h8-9H,1-7H3;(H,5,6,7)/q+1;/p-1. The zero-order valence-electron chi connectivity index (χ0n) is 13.8. The SMILES string of the molecule is Cn1cc[n+](C(C)(C)C)c1C(C)(C)C.O=S(=O)([O-])C(F)(F)F. The highest BCUT2D eigenvalue weighted by molar-refractivity contribution is 7.86. The maximum Gasteiger partial charge on any atom is 0.485 e. The molecule has 0 unspecified atom stereocenters. The van der Waals surface area contributed by atoms with Gasteiger partial charge in [0.1, 0.15) is 17.9 Å². The molecule has 0 amide bonds. The van der Waals surface area contributed by atoms with Crippen molar-refractivity contribution in [2.75, 3.05) is 0 Å². The molecule has 0 radical (unpaired) electrons. The van der Waals surface area contributed by atoms with Gasteiger partial charge in [-0.05, 0) is 41.5 Å². The van der Waals surface area contributed by atoms with E-state index in [0.717, 1.165) is 0 Å². The van der Waals surface area contributed by atoms with Crippen molar-refractivity contribution in [2.24, 2.45) is 7.05 Å². The topological polar surface area (TPSA) is 66.0 Å². The van der Waals surface area contributed by atoms with Gasteiger partial charge in [-0.15, -0.1) is 0 Å². The first kappa shape index (κ1) is 20.9. The van der Waals surface area contributed by atoms with E-state index in [0.29, 0.717) is 0 Å². The summed E-state index contributed by atoms with van der Waals surface area (Å²) in [4.78, 5) is 0. The number of halogens is 3. The number of alkyl halides is 3. The predicted molar refractivity (Wildman–Crippen MR) is 75.1 cm³/mol. The first-order valence-corrected chi connectivity index (χ1v) is 7.90. The molecule has 0 atom stereocenters. The van der Waals surface area contributed by atoms with E-state index in [4.69, 9.17) is 13.0 Å². The van der Waals surface area contributed by atoms with Crippen molar-refractivity contribution in [3.63, 3.8) is 0 Å². The van der Waals surface area contributed by atoms with Crippen molar-refractivity contribution in [1.29, 1.82) is 0 Å². The smallest absolute Gasteiger partial charge is 0.485 e. The Kier molecular flexibility index (Phi) is 5.88. The molecule has 1 rings (SSSR count). The molecule has 130 valence electrons. The molecule has 0 N–H and O–H groups in total. The van der Waals surface area contributed by atoms with Crippen LogP contribution in [0.25, 0.3) is 0 Å². The van der Waals surface area contributed by atoms with E-state index < -0.39 is 15.6 Å². The number of hydrogen-bond acceptors (Lipinski definition) is 3. The van der Waals surface area contributed by atoms with Gasteiger partial charge in [0.05, 0.1) is 12.5 Å². The minimum absolute atomic E-state index is 0.157. The van der Waals surface area contributed by atoms with Crippen LogP contribution in [-0.2, 0) is 28.1 Å². The number of aryl methyl sites for hydroxylation is 1. The zero-order valence-corrected chi connectivity index (χ0v) is 14.6. The molecule has 0 spiro atoms. The fourth-order valence-electron chi connectivity index (χ4n) is 1.91. The minimum atomic E-state index is -6.09. The summed E-state index contributed by atoms with van der Waals surface area (Å²) >= 11 is 0. The fraction of sp³-hybridized carbons (Fsp3) is 0.769. The Morgan fingerprint density at radius 3 is 1.64 bits per heavy atom. The van der Waals surface area contributed by atoms with E-state index in [9.17, 15) is 13.2 Å². The molecule has 0 bridgehead atoms. The van der Waals surface area contributed by atoms with Gasteiger partial charge in [0.15, 0.2) is 10.1 Å². The maximum absolute atomic E-state index is 10.7. The Hall–Kier alpha value is -1.09. The van der Waals surface area contributed by atoms with Gasteiger partial charge in [-0.3, -0.25) is 0 Å². The van der Waals surface area contributed by atoms with Crippen LogP contribution in [0.15, 0.2) is 12.4 Å². The highest BCUT2D eigenvalue weighted by atomic mass is 32.2. The average Bonchev–Trinajstić information content (AvgIpc) is 2.56. The van der Waals surface area contributed by atoms with E-state index >= 15 is 0 Å². The second-order valence-corrected chi connectivity index (χ2v) is 8.29. The van der Waals surface area contributed by atoms with Crippen LogP contribution in [0.2, 0.25) is 0 Å². The van der Waals surface area contributed by atoms with Crippen molar-refractivity contribution < 1.29 is 30.7 Å². The Balaban J connectivity index is 0.000000472. The predicted octanol–water partition coefficient (Wildman–Crippen LogP) is 2.42. The van der Waals surface area contributed by atoms with Crippen molar-refractivity contribution >= 4 is 10.1 Å². The summed E-state index contributed by atoms with van der Waals surface area (Å²) in [5, 5.41) is 0. The molecule has 9 heteroatoms. The lowest BCUT2D eigenvalue weighted by molar-refractivity contribution is -0.762. The molecule has 1 heterocycles. The van der Waals surface area contributed by atoms with Crippen molar-refractivity contribution in [3.05, 3.63) is 18.2 Å². The van der Waals surface area contributed by atoms with E-state index in [-0.39, 0.29) is 11.0 Å². The van der Waals surface area contributed by atoms with E-state index in [1.54, 1.807) is 0 Å². The fourth-order valence-corrected chi connectivity index (χ4v) is 1.91. The van der Waals surface area contributed by atoms with Crippen LogP contribution < -0.4 is 4.57 Å². The summed E-state index contributed by atoms with van der Waals surface area (Å²) in [5.74, 6) is 1.37. The van der Waals surface area contributed by atoms with Crippen molar-refractivity contribution in [2.45, 2.75) is 58.0 Å². The van der Waals surface area contributed by atoms with Gasteiger partial charge in [0, 0.05) is 0 Å². The molecule has 1 aromatic rings. The molecule has 0 aromatic carbocycles. The first-order chi connectivity index (χ1) is 9.39. The number of aromatic nitrogens is 2. The third-order valence-electron chi connectivity index (χ3n) is 2.68. The Bertz CT molecular complexity index is 606. The summed E-state index contributed by atoms with van der Waals surface area (Å²) < 4.78 is 63.5. The van der Waals surface area contributed by atoms with Crippen LogP contribution in [0.3, 0.4) is 0 Å². The Morgan fingerprint density at radius 1 is 1.09 bits per heavy atom. The van der Waals surface area contributed by atoms with Gasteiger partial charge in [0.2, 0.25) is 0 Å². The van der Waals surface area contributed by atoms with Crippen molar-refractivity contribution in [1.82, 2.24) is 4.57 Å². The van der Waals surface area contributed by atoms with E-state index in [1.807, 2.05) is 0 Å². The van der Waals surface area contributed by atoms with Crippen LogP contribution in [0, 0.1) is 0 Å². The number of imidazole rings is 1. The molecule has 0 aliphatic rings. The molecule has 0 saturated heterocycles. The van der Waals surface area contributed by atoms with Crippen LogP contribution in [0.4, 0.5) is 13.2 Å². The molecule has 0 saturated carbocycles. The highest BCUT2D eigenvalue weighted by Crippen LogP contribution is 2.21. The molecule has 5 nitrogen and oxygen atoms in total. The van der Waals surface area contributed by atoms with Gasteiger partial charge < -0.3 is 4.55 Å². The zero-order chi connectivity index (χ0) is 18.1. The molecule has 0 aliphatic heterocycles. The highest BCUT2D eigenvalue weighted by Gasteiger charge is 2.37. The summed E-state index contributed by atoms with van der Waals surface area (Å²) in [5.41, 5.74) is -5.30. The van der Waals surface area contributed by atoms with Crippen LogP contribution >= 0.6 is 0 Å². The second kappa shape index (κ2) is 6.19. The molecule has 0 aliphatic carbocycles. The number of nitrogens with zero attached hydrogens (tertiary/aromatic N) is 2. The average molecular weight is 344 g/mol. The lowest BCUT2D eigenvalue weighted by atomic mass is 9.94. The normalized spacial score (nSPS) is 13.6. The third kappa shape index (κ3) is 5.60. The Labute approximate surface area is 129 Å². The monoisotopic (exact) mass is 344 g/mol. The second-order valence-electron chi connectivity index (χ2n) is 6.92. The summed E-state index contributed by atoms with van der Waals surface area (Å²) in [6.07, 6.45) is 4.30. The molecule has 0 fully saturated rings. The molecule has 22 heavy (non-hydrogen) atoms. The van der Waals surface area contributed by atoms with E-state index in [1.165, 1.54) is 5.82 Å². The minimum Gasteiger partial charge on any atom is -0.741 e. The van der Waals surface area contributed by atoms with E-state index in [2.05, 4.69) is 70.1 Å². The first-order valence-electron chi connectivity index (χ1n) is 6.49. The van der Waals surface area contributed by atoms with Crippen molar-refractivity contribution in [3.8, 4) is 0 Å². The largest absolute Gasteiger partial charge is 0.741 e. The van der Waals surface area contributed by atoms with Crippen LogP contribution in [0.5, 0.6) is 0 Å². The number of rotatable bonds is 0. The summed E-state index contributed by atoms with van der Waals surface area (Å²) in [7, 11) is -3.98. The molecular formula is C13H23F3N2O3S. The Morgan fingerprint density at radius 2 is 1.45 bits per heavy atom. The van der Waals surface area contributed by atoms with Gasteiger partial charge in [0.25, 0.3) is 5.82 Å². The maximum atomic E-state index is 10.7. The molecular weight excluding hydrogens is 321 g/mol. The van der Waals surface area contributed by atoms with Gasteiger partial charge in [-0.25, -0.2) is 17.6 Å². The van der Waals surface area contributed by atoms with Gasteiger partial charge in [-0.1, -0.05) is 0 Å². The summed E-state index contributed by atoms with van der Waals surface area (Å²) in [6.45, 7) is 13.5. The van der Waals surface area contributed by atoms with Crippen LogP contribution in [0.1, 0.15) is 47.4 Å². The number of hydrogen-bond donors (Lipinski definition) is 0. The van der Waals surface area contributed by atoms with Crippen LogP contribution in [-0.4, -0.2) is 23.0 Å².